The first-order chi connectivity index (χ1) is 10.1. The van der Waals surface area contributed by atoms with Crippen molar-refractivity contribution in [3.63, 3.8) is 0 Å². The Balaban J connectivity index is 1.95. The molecule has 118 valence electrons. The smallest absolute Gasteiger partial charge is 0.0224 e. The molecule has 0 saturated carbocycles. The number of likely N-dealkylation sites (N-methyl/N-ethyl adjacent to an activating group) is 2. The SMILES string of the molecule is CC(CC(CN)N(C)C1CCCN(C)C1)c1ccccc1. The molecule has 1 aliphatic rings. The van der Waals surface area contributed by atoms with Gasteiger partial charge >= 0.3 is 0 Å². The highest BCUT2D eigenvalue weighted by molar-refractivity contribution is 5.19. The number of hydrogen-bond acceptors (Lipinski definition) is 3. The van der Waals surface area contributed by atoms with Gasteiger partial charge in [-0.15, -0.1) is 0 Å². The first-order valence-corrected chi connectivity index (χ1v) is 8.27. The number of rotatable bonds is 6. The highest BCUT2D eigenvalue weighted by Crippen LogP contribution is 2.24. The van der Waals surface area contributed by atoms with E-state index in [1.54, 1.807) is 0 Å². The van der Waals surface area contributed by atoms with Gasteiger partial charge in [0.1, 0.15) is 0 Å². The molecule has 1 fully saturated rings. The van der Waals surface area contributed by atoms with Crippen molar-refractivity contribution >= 4 is 0 Å². The molecule has 0 aliphatic carbocycles. The third-order valence-corrected chi connectivity index (χ3v) is 5.02. The molecule has 2 rings (SSSR count). The average molecular weight is 289 g/mol. The van der Waals surface area contributed by atoms with Crippen LogP contribution < -0.4 is 5.73 Å². The predicted octanol–water partition coefficient (Wildman–Crippen LogP) is 2.53. The van der Waals surface area contributed by atoms with Crippen LogP contribution in [0.4, 0.5) is 0 Å². The monoisotopic (exact) mass is 289 g/mol. The minimum atomic E-state index is 0.469. The zero-order valence-corrected chi connectivity index (χ0v) is 13.8. The van der Waals surface area contributed by atoms with Crippen LogP contribution in [0.5, 0.6) is 0 Å². The van der Waals surface area contributed by atoms with Crippen LogP contribution in [0.1, 0.15) is 37.7 Å². The zero-order chi connectivity index (χ0) is 15.2. The van der Waals surface area contributed by atoms with Crippen molar-refractivity contribution in [3.8, 4) is 0 Å². The Morgan fingerprint density at radius 2 is 2.05 bits per heavy atom. The second-order valence-corrected chi connectivity index (χ2v) is 6.66. The topological polar surface area (TPSA) is 32.5 Å². The molecule has 0 amide bonds. The van der Waals surface area contributed by atoms with Gasteiger partial charge in [-0.2, -0.15) is 0 Å². The van der Waals surface area contributed by atoms with Gasteiger partial charge in [0, 0.05) is 25.2 Å². The fourth-order valence-electron chi connectivity index (χ4n) is 3.52. The van der Waals surface area contributed by atoms with Crippen molar-refractivity contribution in [1.82, 2.24) is 9.80 Å². The Morgan fingerprint density at radius 1 is 1.33 bits per heavy atom. The first-order valence-electron chi connectivity index (χ1n) is 8.27. The second kappa shape index (κ2) is 7.92. The predicted molar refractivity (Wildman–Crippen MR) is 90.6 cm³/mol. The van der Waals surface area contributed by atoms with Crippen LogP contribution in [-0.4, -0.2) is 55.6 Å². The van der Waals surface area contributed by atoms with Crippen LogP contribution in [0.2, 0.25) is 0 Å². The van der Waals surface area contributed by atoms with Crippen LogP contribution in [0.25, 0.3) is 0 Å². The van der Waals surface area contributed by atoms with Gasteiger partial charge in [0.25, 0.3) is 0 Å². The fraction of sp³-hybridized carbons (Fsp3) is 0.667. The van der Waals surface area contributed by atoms with E-state index >= 15 is 0 Å². The number of likely N-dealkylation sites (tertiary alicyclic amines) is 1. The summed E-state index contributed by atoms with van der Waals surface area (Å²) in [7, 11) is 4.49. The van der Waals surface area contributed by atoms with Gasteiger partial charge in [0.15, 0.2) is 0 Å². The molecule has 3 atom stereocenters. The highest BCUT2D eigenvalue weighted by Gasteiger charge is 2.26. The number of hydrogen-bond donors (Lipinski definition) is 1. The van der Waals surface area contributed by atoms with Crippen LogP contribution in [0.15, 0.2) is 30.3 Å². The average Bonchev–Trinajstić information content (AvgIpc) is 2.52. The van der Waals surface area contributed by atoms with E-state index < -0.39 is 0 Å². The van der Waals surface area contributed by atoms with Gasteiger partial charge in [0.2, 0.25) is 0 Å². The Labute approximate surface area is 130 Å². The van der Waals surface area contributed by atoms with Crippen molar-refractivity contribution < 1.29 is 0 Å². The molecule has 2 N–H and O–H groups in total. The third-order valence-electron chi connectivity index (χ3n) is 5.02. The van der Waals surface area contributed by atoms with E-state index in [2.05, 4.69) is 61.2 Å². The lowest BCUT2D eigenvalue weighted by atomic mass is 9.92. The molecule has 1 aliphatic heterocycles. The van der Waals surface area contributed by atoms with Crippen LogP contribution in [0.3, 0.4) is 0 Å². The van der Waals surface area contributed by atoms with Crippen LogP contribution in [-0.2, 0) is 0 Å². The number of benzene rings is 1. The minimum Gasteiger partial charge on any atom is -0.329 e. The van der Waals surface area contributed by atoms with Crippen molar-refractivity contribution in [3.05, 3.63) is 35.9 Å². The third kappa shape index (κ3) is 4.53. The van der Waals surface area contributed by atoms with E-state index in [1.165, 1.54) is 31.5 Å². The van der Waals surface area contributed by atoms with Gasteiger partial charge in [-0.1, -0.05) is 37.3 Å². The maximum atomic E-state index is 6.09. The maximum absolute atomic E-state index is 6.09. The summed E-state index contributed by atoms with van der Waals surface area (Å²) in [6.45, 7) is 5.47. The highest BCUT2D eigenvalue weighted by atomic mass is 15.2. The first kappa shape index (κ1) is 16.5. The summed E-state index contributed by atoms with van der Waals surface area (Å²) in [6, 6.07) is 11.9. The molecule has 21 heavy (non-hydrogen) atoms. The van der Waals surface area contributed by atoms with Gasteiger partial charge < -0.3 is 10.6 Å². The summed E-state index contributed by atoms with van der Waals surface area (Å²) in [6.07, 6.45) is 3.74. The number of piperidine rings is 1. The molecule has 1 heterocycles. The summed E-state index contributed by atoms with van der Waals surface area (Å²) >= 11 is 0. The second-order valence-electron chi connectivity index (χ2n) is 6.66. The Hall–Kier alpha value is -0.900. The maximum Gasteiger partial charge on any atom is 0.0224 e. The molecule has 3 unspecified atom stereocenters. The molecule has 0 radical (unpaired) electrons. The van der Waals surface area contributed by atoms with Crippen LogP contribution >= 0.6 is 0 Å². The molecule has 3 heteroatoms. The lowest BCUT2D eigenvalue weighted by Crippen LogP contribution is -2.51. The van der Waals surface area contributed by atoms with Gasteiger partial charge in [-0.25, -0.2) is 0 Å². The van der Waals surface area contributed by atoms with Gasteiger partial charge in [-0.05, 0) is 51.4 Å². The lowest BCUT2D eigenvalue weighted by Gasteiger charge is -2.40. The number of nitrogens with two attached hydrogens (primary N) is 1. The van der Waals surface area contributed by atoms with E-state index in [0.717, 1.165) is 13.0 Å². The summed E-state index contributed by atoms with van der Waals surface area (Å²) in [4.78, 5) is 4.98. The summed E-state index contributed by atoms with van der Waals surface area (Å²) < 4.78 is 0. The lowest BCUT2D eigenvalue weighted by molar-refractivity contribution is 0.0949. The standard InChI is InChI=1S/C18H31N3/c1-15(16-8-5-4-6-9-16)12-18(13-19)21(3)17-10-7-11-20(2)14-17/h4-6,8-9,15,17-18H,7,10-14,19H2,1-3H3. The van der Waals surface area contributed by atoms with E-state index in [4.69, 9.17) is 5.73 Å². The van der Waals surface area contributed by atoms with Gasteiger partial charge in [-0.3, -0.25) is 4.90 Å². The largest absolute Gasteiger partial charge is 0.329 e. The molecule has 1 aromatic rings. The minimum absolute atomic E-state index is 0.469. The van der Waals surface area contributed by atoms with E-state index in [1.807, 2.05) is 0 Å². The number of nitrogens with zero attached hydrogens (tertiary/aromatic N) is 2. The summed E-state index contributed by atoms with van der Waals surface area (Å²) in [5, 5.41) is 0. The summed E-state index contributed by atoms with van der Waals surface area (Å²) in [5.74, 6) is 0.559. The fourth-order valence-corrected chi connectivity index (χ4v) is 3.52. The molecule has 0 aromatic heterocycles. The zero-order valence-electron chi connectivity index (χ0n) is 13.8. The molecular weight excluding hydrogens is 258 g/mol. The van der Waals surface area contributed by atoms with Crippen LogP contribution in [0, 0.1) is 0 Å². The Kier molecular flexibility index (Phi) is 6.22. The molecule has 0 bridgehead atoms. The van der Waals surface area contributed by atoms with E-state index in [0.29, 0.717) is 18.0 Å². The Bertz CT molecular complexity index is 406. The molecule has 1 saturated heterocycles. The van der Waals surface area contributed by atoms with E-state index in [9.17, 15) is 0 Å². The van der Waals surface area contributed by atoms with Crippen molar-refractivity contribution in [2.24, 2.45) is 5.73 Å². The van der Waals surface area contributed by atoms with Crippen molar-refractivity contribution in [2.45, 2.75) is 44.2 Å². The normalized spacial score (nSPS) is 23.2. The molecular formula is C18H31N3. The molecule has 1 aromatic carbocycles. The summed E-state index contributed by atoms with van der Waals surface area (Å²) in [5.41, 5.74) is 7.51. The Morgan fingerprint density at radius 3 is 2.67 bits per heavy atom. The van der Waals surface area contributed by atoms with Crippen molar-refractivity contribution in [2.75, 3.05) is 33.7 Å². The molecule has 0 spiro atoms. The van der Waals surface area contributed by atoms with Gasteiger partial charge in [0.05, 0.1) is 0 Å². The quantitative estimate of drug-likeness (QED) is 0.873. The van der Waals surface area contributed by atoms with E-state index in [-0.39, 0.29) is 0 Å². The molecule has 3 nitrogen and oxygen atoms in total. The van der Waals surface area contributed by atoms with Crippen molar-refractivity contribution in [1.29, 1.82) is 0 Å².